The van der Waals surface area contributed by atoms with Gasteiger partial charge in [0, 0.05) is 17.3 Å². The van der Waals surface area contributed by atoms with E-state index in [1.165, 1.54) is 6.08 Å². The van der Waals surface area contributed by atoms with Crippen molar-refractivity contribution in [2.45, 2.75) is 0 Å². The van der Waals surface area contributed by atoms with Gasteiger partial charge >= 0.3 is 0 Å². The molecule has 0 fully saturated rings. The van der Waals surface area contributed by atoms with Crippen molar-refractivity contribution in [2.75, 3.05) is 5.32 Å². The minimum absolute atomic E-state index is 0.196. The SMILES string of the molecule is O=C(/C=C/c1ccc(Cl)cc1)Nc1cccnc1. The molecule has 4 heteroatoms. The van der Waals surface area contributed by atoms with Crippen molar-refractivity contribution in [2.24, 2.45) is 0 Å². The van der Waals surface area contributed by atoms with Crippen molar-refractivity contribution < 1.29 is 4.79 Å². The number of carbonyl (C=O) groups excluding carboxylic acids is 1. The number of hydrogen-bond donors (Lipinski definition) is 1. The van der Waals surface area contributed by atoms with Crippen molar-refractivity contribution in [1.29, 1.82) is 0 Å². The second-order valence-electron chi connectivity index (χ2n) is 3.62. The lowest BCUT2D eigenvalue weighted by molar-refractivity contribution is -0.111. The molecule has 0 aliphatic carbocycles. The van der Waals surface area contributed by atoms with Crippen molar-refractivity contribution >= 4 is 29.3 Å². The lowest BCUT2D eigenvalue weighted by Gasteiger charge is -2.00. The molecule has 0 atom stereocenters. The summed E-state index contributed by atoms with van der Waals surface area (Å²) in [6.07, 6.45) is 6.44. The number of benzene rings is 1. The van der Waals surface area contributed by atoms with E-state index in [2.05, 4.69) is 10.3 Å². The van der Waals surface area contributed by atoms with Gasteiger partial charge in [0.1, 0.15) is 0 Å². The zero-order valence-electron chi connectivity index (χ0n) is 9.51. The van der Waals surface area contributed by atoms with Crippen LogP contribution < -0.4 is 5.32 Å². The van der Waals surface area contributed by atoms with Gasteiger partial charge in [-0.1, -0.05) is 23.7 Å². The molecular formula is C14H11ClN2O. The maximum absolute atomic E-state index is 11.6. The standard InChI is InChI=1S/C14H11ClN2O/c15-12-6-3-11(4-7-12)5-8-14(18)17-13-2-1-9-16-10-13/h1-10H,(H,17,18)/b8-5+. The van der Waals surface area contributed by atoms with E-state index in [9.17, 15) is 4.79 Å². The molecule has 0 saturated carbocycles. The smallest absolute Gasteiger partial charge is 0.248 e. The number of anilines is 1. The van der Waals surface area contributed by atoms with Crippen LogP contribution in [0.25, 0.3) is 6.08 Å². The van der Waals surface area contributed by atoms with Gasteiger partial charge in [0.05, 0.1) is 11.9 Å². The Bertz CT molecular complexity index is 550. The van der Waals surface area contributed by atoms with Crippen molar-refractivity contribution in [3.8, 4) is 0 Å². The number of aromatic nitrogens is 1. The van der Waals surface area contributed by atoms with Crippen LogP contribution in [0.2, 0.25) is 5.02 Å². The summed E-state index contributed by atoms with van der Waals surface area (Å²) in [5.41, 5.74) is 1.59. The average Bonchev–Trinajstić information content (AvgIpc) is 2.39. The molecule has 3 nitrogen and oxygen atoms in total. The Kier molecular flexibility index (Phi) is 4.10. The van der Waals surface area contributed by atoms with E-state index < -0.39 is 0 Å². The van der Waals surface area contributed by atoms with E-state index in [4.69, 9.17) is 11.6 Å². The Morgan fingerprint density at radius 1 is 1.22 bits per heavy atom. The third-order valence-electron chi connectivity index (χ3n) is 2.23. The fourth-order valence-electron chi connectivity index (χ4n) is 1.37. The van der Waals surface area contributed by atoms with Crippen LogP contribution in [0, 0.1) is 0 Å². The van der Waals surface area contributed by atoms with Crippen LogP contribution in [0.1, 0.15) is 5.56 Å². The van der Waals surface area contributed by atoms with Crippen molar-refractivity contribution in [3.05, 3.63) is 65.5 Å². The van der Waals surface area contributed by atoms with Gasteiger partial charge in [0.15, 0.2) is 0 Å². The molecule has 1 N–H and O–H groups in total. The summed E-state index contributed by atoms with van der Waals surface area (Å²) < 4.78 is 0. The first-order chi connectivity index (χ1) is 8.74. The molecule has 0 unspecified atom stereocenters. The van der Waals surface area contributed by atoms with Gasteiger partial charge in [-0.25, -0.2) is 0 Å². The number of hydrogen-bond acceptors (Lipinski definition) is 2. The maximum atomic E-state index is 11.6. The van der Waals surface area contributed by atoms with Gasteiger partial charge in [0.2, 0.25) is 5.91 Å². The van der Waals surface area contributed by atoms with Crippen LogP contribution in [0.4, 0.5) is 5.69 Å². The van der Waals surface area contributed by atoms with E-state index in [-0.39, 0.29) is 5.91 Å². The normalized spacial score (nSPS) is 10.5. The highest BCUT2D eigenvalue weighted by molar-refractivity contribution is 6.30. The number of halogens is 1. The molecule has 0 saturated heterocycles. The molecule has 0 radical (unpaired) electrons. The molecule has 2 rings (SSSR count). The van der Waals surface area contributed by atoms with Gasteiger partial charge in [0.25, 0.3) is 0 Å². The van der Waals surface area contributed by atoms with E-state index >= 15 is 0 Å². The number of carbonyl (C=O) groups is 1. The zero-order chi connectivity index (χ0) is 12.8. The third kappa shape index (κ3) is 3.71. The number of nitrogens with one attached hydrogen (secondary N) is 1. The zero-order valence-corrected chi connectivity index (χ0v) is 10.3. The fourth-order valence-corrected chi connectivity index (χ4v) is 1.49. The van der Waals surface area contributed by atoms with Crippen LogP contribution in [-0.4, -0.2) is 10.9 Å². The van der Waals surface area contributed by atoms with Crippen LogP contribution >= 0.6 is 11.6 Å². The molecule has 2 aromatic rings. The summed E-state index contributed by atoms with van der Waals surface area (Å²) in [6.45, 7) is 0. The summed E-state index contributed by atoms with van der Waals surface area (Å²) in [7, 11) is 0. The van der Waals surface area contributed by atoms with E-state index in [1.807, 2.05) is 12.1 Å². The molecule has 0 aliphatic rings. The predicted octanol–water partition coefficient (Wildman–Crippen LogP) is 3.39. The first-order valence-electron chi connectivity index (χ1n) is 5.39. The van der Waals surface area contributed by atoms with E-state index in [0.29, 0.717) is 10.7 Å². The minimum atomic E-state index is -0.196. The molecule has 90 valence electrons. The van der Waals surface area contributed by atoms with E-state index in [0.717, 1.165) is 5.56 Å². The molecule has 0 aliphatic heterocycles. The Balaban J connectivity index is 1.97. The second kappa shape index (κ2) is 5.98. The first kappa shape index (κ1) is 12.3. The molecule has 1 aromatic heterocycles. The fraction of sp³-hybridized carbons (Fsp3) is 0. The Hall–Kier alpha value is -2.13. The summed E-state index contributed by atoms with van der Waals surface area (Å²) in [5.74, 6) is -0.196. The quantitative estimate of drug-likeness (QED) is 0.858. The maximum Gasteiger partial charge on any atom is 0.248 e. The summed E-state index contributed by atoms with van der Waals surface area (Å²) in [6, 6.07) is 10.8. The number of rotatable bonds is 3. The first-order valence-corrected chi connectivity index (χ1v) is 5.76. The highest BCUT2D eigenvalue weighted by Crippen LogP contribution is 2.10. The second-order valence-corrected chi connectivity index (χ2v) is 4.05. The largest absolute Gasteiger partial charge is 0.321 e. The molecule has 1 amide bonds. The predicted molar refractivity (Wildman–Crippen MR) is 73.4 cm³/mol. The molecule has 1 heterocycles. The molecule has 18 heavy (non-hydrogen) atoms. The van der Waals surface area contributed by atoms with Gasteiger partial charge in [-0.15, -0.1) is 0 Å². The molecule has 0 spiro atoms. The highest BCUT2D eigenvalue weighted by atomic mass is 35.5. The minimum Gasteiger partial charge on any atom is -0.321 e. The number of nitrogens with zero attached hydrogens (tertiary/aromatic N) is 1. The Morgan fingerprint density at radius 2 is 2.00 bits per heavy atom. The monoisotopic (exact) mass is 258 g/mol. The van der Waals surface area contributed by atoms with Crippen molar-refractivity contribution in [3.63, 3.8) is 0 Å². The van der Waals surface area contributed by atoms with Gasteiger partial charge in [-0.3, -0.25) is 9.78 Å². The molecule has 0 bridgehead atoms. The summed E-state index contributed by atoms with van der Waals surface area (Å²) in [5, 5.41) is 3.38. The van der Waals surface area contributed by atoms with Gasteiger partial charge < -0.3 is 5.32 Å². The molecule has 1 aromatic carbocycles. The Morgan fingerprint density at radius 3 is 2.67 bits per heavy atom. The van der Waals surface area contributed by atoms with Gasteiger partial charge in [-0.2, -0.15) is 0 Å². The van der Waals surface area contributed by atoms with Crippen molar-refractivity contribution in [1.82, 2.24) is 4.98 Å². The van der Waals surface area contributed by atoms with Crippen LogP contribution in [0.15, 0.2) is 54.9 Å². The summed E-state index contributed by atoms with van der Waals surface area (Å²) in [4.78, 5) is 15.5. The molecular weight excluding hydrogens is 248 g/mol. The van der Waals surface area contributed by atoms with E-state index in [1.54, 1.807) is 42.7 Å². The number of amides is 1. The van der Waals surface area contributed by atoms with Crippen LogP contribution in [0.5, 0.6) is 0 Å². The lowest BCUT2D eigenvalue weighted by Crippen LogP contribution is -2.07. The third-order valence-corrected chi connectivity index (χ3v) is 2.48. The highest BCUT2D eigenvalue weighted by Gasteiger charge is 1.96. The topological polar surface area (TPSA) is 42.0 Å². The summed E-state index contributed by atoms with van der Waals surface area (Å²) >= 11 is 5.77. The van der Waals surface area contributed by atoms with Crippen LogP contribution in [-0.2, 0) is 4.79 Å². The van der Waals surface area contributed by atoms with Gasteiger partial charge in [-0.05, 0) is 35.9 Å². The lowest BCUT2D eigenvalue weighted by atomic mass is 10.2. The number of pyridine rings is 1. The Labute approximate surface area is 110 Å². The average molecular weight is 259 g/mol. The van der Waals surface area contributed by atoms with Crippen LogP contribution in [0.3, 0.4) is 0 Å².